The van der Waals surface area contributed by atoms with Crippen LogP contribution in [-0.4, -0.2) is 51.5 Å². The molecule has 0 bridgehead atoms. The van der Waals surface area contributed by atoms with Crippen LogP contribution < -0.4 is 10.6 Å². The number of aryl methyl sites for hydroxylation is 1. The molecule has 2 N–H and O–H groups in total. The van der Waals surface area contributed by atoms with E-state index in [0.717, 1.165) is 25.3 Å². The minimum Gasteiger partial charge on any atom is -0.360 e. The van der Waals surface area contributed by atoms with Gasteiger partial charge in [0.2, 0.25) is 11.8 Å². The summed E-state index contributed by atoms with van der Waals surface area (Å²) in [5.41, 5.74) is 0.988. The number of thiazole rings is 1. The molecule has 2 aromatic heterocycles. The second-order valence-electron chi connectivity index (χ2n) is 7.70. The van der Waals surface area contributed by atoms with Crippen molar-refractivity contribution >= 4 is 45.9 Å². The number of hydrogen-bond acceptors (Lipinski definition) is 8. The maximum Gasteiger partial charge on any atom is 0.236 e. The Morgan fingerprint density at radius 2 is 1.93 bits per heavy atom. The van der Waals surface area contributed by atoms with Crippen LogP contribution in [0.15, 0.2) is 16.0 Å². The van der Waals surface area contributed by atoms with E-state index in [9.17, 15) is 9.59 Å². The van der Waals surface area contributed by atoms with Crippen molar-refractivity contribution in [3.8, 4) is 0 Å². The number of aromatic nitrogens is 2. The summed E-state index contributed by atoms with van der Waals surface area (Å²) in [7, 11) is 0. The largest absolute Gasteiger partial charge is 0.360 e. The van der Waals surface area contributed by atoms with Crippen molar-refractivity contribution in [1.29, 1.82) is 0 Å². The summed E-state index contributed by atoms with van der Waals surface area (Å²) in [5.74, 6) is 2.37. The quantitative estimate of drug-likeness (QED) is 0.654. The number of hydrogen-bond donors (Lipinski definition) is 2. The first-order chi connectivity index (χ1) is 13.9. The summed E-state index contributed by atoms with van der Waals surface area (Å²) in [6.07, 6.45) is 1.28. The van der Waals surface area contributed by atoms with E-state index in [2.05, 4.69) is 39.5 Å². The van der Waals surface area contributed by atoms with Gasteiger partial charge >= 0.3 is 0 Å². The highest BCUT2D eigenvalue weighted by atomic mass is 32.2. The third-order valence-corrected chi connectivity index (χ3v) is 6.23. The first kappa shape index (κ1) is 21.8. The molecule has 2 amide bonds. The van der Waals surface area contributed by atoms with Gasteiger partial charge in [-0.05, 0) is 25.2 Å². The molecule has 0 aromatic carbocycles. The van der Waals surface area contributed by atoms with Crippen LogP contribution in [0.1, 0.15) is 31.7 Å². The van der Waals surface area contributed by atoms with Crippen LogP contribution in [0, 0.1) is 18.8 Å². The maximum absolute atomic E-state index is 12.1. The second-order valence-corrected chi connectivity index (χ2v) is 9.54. The molecule has 1 fully saturated rings. The fourth-order valence-electron chi connectivity index (χ4n) is 3.58. The summed E-state index contributed by atoms with van der Waals surface area (Å²) in [4.78, 5) is 30.9. The molecule has 3 rings (SSSR count). The highest BCUT2D eigenvalue weighted by molar-refractivity contribution is 8.00. The van der Waals surface area contributed by atoms with E-state index >= 15 is 0 Å². The van der Waals surface area contributed by atoms with Crippen LogP contribution in [-0.2, 0) is 16.1 Å². The van der Waals surface area contributed by atoms with Crippen LogP contribution in [0.2, 0.25) is 0 Å². The van der Waals surface area contributed by atoms with Gasteiger partial charge < -0.3 is 15.2 Å². The molecule has 0 saturated carbocycles. The van der Waals surface area contributed by atoms with Gasteiger partial charge in [-0.25, -0.2) is 4.98 Å². The molecule has 10 heteroatoms. The molecule has 1 aliphatic rings. The number of anilines is 2. The van der Waals surface area contributed by atoms with Gasteiger partial charge in [0, 0.05) is 31.1 Å². The fraction of sp³-hybridized carbons (Fsp3) is 0.579. The molecule has 2 aromatic rings. The molecular formula is C19H27N5O3S2. The van der Waals surface area contributed by atoms with Crippen LogP contribution in [0.4, 0.5) is 10.9 Å². The van der Waals surface area contributed by atoms with E-state index < -0.39 is 0 Å². The zero-order valence-electron chi connectivity index (χ0n) is 16.9. The van der Waals surface area contributed by atoms with Crippen molar-refractivity contribution in [2.75, 3.05) is 35.2 Å². The van der Waals surface area contributed by atoms with Gasteiger partial charge in [-0.2, -0.15) is 0 Å². The minimum absolute atomic E-state index is 0.160. The number of nitrogens with zero attached hydrogens (tertiary/aromatic N) is 3. The van der Waals surface area contributed by atoms with Gasteiger partial charge in [-0.1, -0.05) is 19.0 Å². The van der Waals surface area contributed by atoms with Crippen molar-refractivity contribution in [1.82, 2.24) is 15.0 Å². The standard InChI is InChI=1S/C19H27N5O3S2/c1-12-4-13(2)7-24(6-12)8-15-9-29-19(20-15)22-18(26)11-28-10-17(25)21-16-5-14(3)27-23-16/h5,9,12-13H,4,6-8,10-11H2,1-3H3,(H,20,22,26)(H,21,23,25). The average molecular weight is 438 g/mol. The fourth-order valence-corrected chi connectivity index (χ4v) is 4.92. The van der Waals surface area contributed by atoms with Crippen LogP contribution in [0.5, 0.6) is 0 Å². The highest BCUT2D eigenvalue weighted by Gasteiger charge is 2.22. The summed E-state index contributed by atoms with van der Waals surface area (Å²) in [6.45, 7) is 9.34. The number of piperidine rings is 1. The lowest BCUT2D eigenvalue weighted by Crippen LogP contribution is -2.38. The molecule has 1 saturated heterocycles. The molecule has 1 aliphatic heterocycles. The van der Waals surface area contributed by atoms with Gasteiger partial charge in [0.05, 0.1) is 17.2 Å². The monoisotopic (exact) mass is 437 g/mol. The molecule has 3 heterocycles. The molecule has 8 nitrogen and oxygen atoms in total. The number of likely N-dealkylation sites (tertiary alicyclic amines) is 1. The number of amides is 2. The summed E-state index contributed by atoms with van der Waals surface area (Å²) in [5, 5.41) is 11.7. The Bertz CT molecular complexity index is 827. The predicted octanol–water partition coefficient (Wildman–Crippen LogP) is 3.23. The van der Waals surface area contributed by atoms with Crippen LogP contribution >= 0.6 is 23.1 Å². The predicted molar refractivity (Wildman–Crippen MR) is 116 cm³/mol. The summed E-state index contributed by atoms with van der Waals surface area (Å²) >= 11 is 2.67. The highest BCUT2D eigenvalue weighted by Crippen LogP contribution is 2.24. The number of rotatable bonds is 8. The number of thioether (sulfide) groups is 1. The molecule has 0 aliphatic carbocycles. The first-order valence-corrected chi connectivity index (χ1v) is 11.7. The van der Waals surface area contributed by atoms with E-state index in [1.165, 1.54) is 29.5 Å². The molecule has 2 unspecified atom stereocenters. The molecular weight excluding hydrogens is 410 g/mol. The molecule has 158 valence electrons. The zero-order chi connectivity index (χ0) is 20.8. The summed E-state index contributed by atoms with van der Waals surface area (Å²) < 4.78 is 4.89. The minimum atomic E-state index is -0.224. The van der Waals surface area contributed by atoms with Gasteiger partial charge in [0.1, 0.15) is 5.76 Å². The molecule has 29 heavy (non-hydrogen) atoms. The van der Waals surface area contributed by atoms with Gasteiger partial charge in [-0.3, -0.25) is 14.5 Å². The van der Waals surface area contributed by atoms with Crippen molar-refractivity contribution in [2.24, 2.45) is 11.8 Å². The Hall–Kier alpha value is -1.91. The van der Waals surface area contributed by atoms with Crippen molar-refractivity contribution < 1.29 is 14.1 Å². The average Bonchev–Trinajstić information content (AvgIpc) is 3.22. The van der Waals surface area contributed by atoms with E-state index in [1.54, 1.807) is 13.0 Å². The normalized spacial score (nSPS) is 19.8. The van der Waals surface area contributed by atoms with Crippen LogP contribution in [0.25, 0.3) is 0 Å². The van der Waals surface area contributed by atoms with E-state index in [4.69, 9.17) is 4.52 Å². The lowest BCUT2D eigenvalue weighted by molar-refractivity contribution is -0.114. The number of carbonyl (C=O) groups is 2. The second kappa shape index (κ2) is 10.2. The Kier molecular flexibility index (Phi) is 7.68. The molecule has 0 spiro atoms. The zero-order valence-corrected chi connectivity index (χ0v) is 18.6. The van der Waals surface area contributed by atoms with E-state index in [0.29, 0.717) is 28.5 Å². The van der Waals surface area contributed by atoms with Crippen molar-refractivity contribution in [2.45, 2.75) is 33.7 Å². The van der Waals surface area contributed by atoms with Gasteiger partial charge in [-0.15, -0.1) is 23.1 Å². The molecule has 2 atom stereocenters. The summed E-state index contributed by atoms with van der Waals surface area (Å²) in [6, 6.07) is 1.64. The van der Waals surface area contributed by atoms with Gasteiger partial charge in [0.15, 0.2) is 10.9 Å². The third kappa shape index (κ3) is 7.13. The van der Waals surface area contributed by atoms with E-state index in [1.807, 2.05) is 5.38 Å². The lowest BCUT2D eigenvalue weighted by atomic mass is 9.92. The maximum atomic E-state index is 12.1. The topological polar surface area (TPSA) is 100 Å². The first-order valence-electron chi connectivity index (χ1n) is 9.65. The Morgan fingerprint density at radius 3 is 2.59 bits per heavy atom. The Morgan fingerprint density at radius 1 is 1.24 bits per heavy atom. The Labute approximate surface area is 178 Å². The van der Waals surface area contributed by atoms with Gasteiger partial charge in [0.25, 0.3) is 0 Å². The lowest BCUT2D eigenvalue weighted by Gasteiger charge is -2.34. The smallest absolute Gasteiger partial charge is 0.236 e. The van der Waals surface area contributed by atoms with Crippen LogP contribution in [0.3, 0.4) is 0 Å². The Balaban J connectivity index is 1.37. The van der Waals surface area contributed by atoms with Crippen molar-refractivity contribution in [3.63, 3.8) is 0 Å². The van der Waals surface area contributed by atoms with E-state index in [-0.39, 0.29) is 23.3 Å². The number of carbonyl (C=O) groups excluding carboxylic acids is 2. The third-order valence-electron chi connectivity index (χ3n) is 4.49. The SMILES string of the molecule is Cc1cc(NC(=O)CSCC(=O)Nc2nc(CN3CC(C)CC(C)C3)cs2)no1. The van der Waals surface area contributed by atoms with Crippen molar-refractivity contribution in [3.05, 3.63) is 22.9 Å². The number of nitrogens with one attached hydrogen (secondary N) is 2. The molecule has 0 radical (unpaired) electrons.